The number of nitro benzene ring substituents is 3. The molecule has 0 bridgehead atoms. The minimum Gasteiger partial charge on any atom is -0.382 e. The van der Waals surface area contributed by atoms with Gasteiger partial charge in [0.2, 0.25) is 5.69 Å². The van der Waals surface area contributed by atoms with Crippen molar-refractivity contribution in [2.45, 2.75) is 0 Å². The predicted octanol–water partition coefficient (Wildman–Crippen LogP) is 1.18. The summed E-state index contributed by atoms with van der Waals surface area (Å²) in [5.74, 6) is -0.0167. The molecule has 0 radical (unpaired) electrons. The van der Waals surface area contributed by atoms with E-state index in [0.717, 1.165) is 4.68 Å². The second-order valence-electron chi connectivity index (χ2n) is 3.79. The number of hydrogen-bond donors (Lipinski definition) is 1. The Morgan fingerprint density at radius 2 is 1.52 bits per heavy atom. The number of anilines is 1. The molecule has 0 aliphatic rings. The number of rotatable bonds is 4. The maximum absolute atomic E-state index is 11.0. The van der Waals surface area contributed by atoms with Gasteiger partial charge in [0.1, 0.15) is 5.82 Å². The molecule has 2 rings (SSSR count). The summed E-state index contributed by atoms with van der Waals surface area (Å²) in [4.78, 5) is 29.9. The SMILES string of the molecule is Nc1ccn(-c2c([N+](=O)[O-])cc([N+](=O)[O-])cc2[N+](=O)[O-])n1. The van der Waals surface area contributed by atoms with Crippen LogP contribution in [-0.4, -0.2) is 24.6 Å². The summed E-state index contributed by atoms with van der Waals surface area (Å²) in [6, 6.07) is 2.52. The zero-order chi connectivity index (χ0) is 15.7. The first-order chi connectivity index (χ1) is 9.81. The maximum atomic E-state index is 11.0. The normalized spacial score (nSPS) is 10.3. The molecule has 0 saturated heterocycles. The van der Waals surface area contributed by atoms with Crippen molar-refractivity contribution in [1.82, 2.24) is 9.78 Å². The number of benzene rings is 1. The highest BCUT2D eigenvalue weighted by molar-refractivity contribution is 5.69. The molecule has 2 N–H and O–H groups in total. The van der Waals surface area contributed by atoms with Crippen LogP contribution >= 0.6 is 0 Å². The molecule has 0 aliphatic heterocycles. The van der Waals surface area contributed by atoms with Crippen LogP contribution in [0.3, 0.4) is 0 Å². The van der Waals surface area contributed by atoms with E-state index >= 15 is 0 Å². The molecule has 0 amide bonds. The fourth-order valence-corrected chi connectivity index (χ4v) is 1.67. The lowest BCUT2D eigenvalue weighted by atomic mass is 10.2. The first-order valence-corrected chi connectivity index (χ1v) is 5.24. The summed E-state index contributed by atoms with van der Waals surface area (Å²) < 4.78 is 0.829. The molecule has 12 nitrogen and oxygen atoms in total. The highest BCUT2D eigenvalue weighted by Gasteiger charge is 2.32. The molecular formula is C9H6N6O6. The number of nitrogens with zero attached hydrogens (tertiary/aromatic N) is 5. The minimum absolute atomic E-state index is 0.0167. The number of nitrogens with two attached hydrogens (primary N) is 1. The monoisotopic (exact) mass is 294 g/mol. The van der Waals surface area contributed by atoms with E-state index in [1.807, 2.05) is 0 Å². The number of aromatic nitrogens is 2. The third-order valence-electron chi connectivity index (χ3n) is 2.50. The molecule has 12 heteroatoms. The average molecular weight is 294 g/mol. The molecule has 1 heterocycles. The van der Waals surface area contributed by atoms with Gasteiger partial charge in [0.25, 0.3) is 5.69 Å². The molecule has 1 aromatic heterocycles. The van der Waals surface area contributed by atoms with Crippen molar-refractivity contribution in [3.8, 4) is 5.69 Å². The van der Waals surface area contributed by atoms with Crippen molar-refractivity contribution < 1.29 is 14.8 Å². The van der Waals surface area contributed by atoms with Gasteiger partial charge >= 0.3 is 11.4 Å². The van der Waals surface area contributed by atoms with Crippen LogP contribution in [-0.2, 0) is 0 Å². The number of hydrogen-bond acceptors (Lipinski definition) is 8. The van der Waals surface area contributed by atoms with Crippen LogP contribution < -0.4 is 5.73 Å². The molecule has 2 aromatic rings. The van der Waals surface area contributed by atoms with Crippen molar-refractivity contribution in [2.24, 2.45) is 0 Å². The van der Waals surface area contributed by atoms with E-state index in [-0.39, 0.29) is 5.82 Å². The zero-order valence-corrected chi connectivity index (χ0v) is 10.1. The van der Waals surface area contributed by atoms with Crippen LogP contribution in [0.2, 0.25) is 0 Å². The lowest BCUT2D eigenvalue weighted by Gasteiger charge is -2.04. The van der Waals surface area contributed by atoms with Gasteiger partial charge in [-0.25, -0.2) is 4.68 Å². The Morgan fingerprint density at radius 3 is 1.86 bits per heavy atom. The minimum atomic E-state index is -0.965. The number of nitro groups is 3. The van der Waals surface area contributed by atoms with E-state index in [9.17, 15) is 30.3 Å². The van der Waals surface area contributed by atoms with Crippen molar-refractivity contribution in [1.29, 1.82) is 0 Å². The molecule has 21 heavy (non-hydrogen) atoms. The van der Waals surface area contributed by atoms with Gasteiger partial charge in [-0.3, -0.25) is 30.3 Å². The van der Waals surface area contributed by atoms with Crippen molar-refractivity contribution >= 4 is 22.9 Å². The van der Waals surface area contributed by atoms with Crippen molar-refractivity contribution in [3.05, 3.63) is 54.7 Å². The first kappa shape index (κ1) is 13.9. The summed E-state index contributed by atoms with van der Waals surface area (Å²) >= 11 is 0. The Balaban J connectivity index is 2.85. The highest BCUT2D eigenvalue weighted by atomic mass is 16.6. The Bertz CT molecular complexity index is 733. The molecule has 0 saturated carbocycles. The van der Waals surface area contributed by atoms with E-state index < -0.39 is 37.5 Å². The van der Waals surface area contributed by atoms with Crippen LogP contribution in [0.15, 0.2) is 24.4 Å². The van der Waals surface area contributed by atoms with E-state index in [0.29, 0.717) is 12.1 Å². The van der Waals surface area contributed by atoms with E-state index in [1.54, 1.807) is 0 Å². The van der Waals surface area contributed by atoms with Gasteiger partial charge in [-0.15, -0.1) is 0 Å². The van der Waals surface area contributed by atoms with Gasteiger partial charge in [-0.1, -0.05) is 0 Å². The summed E-state index contributed by atoms with van der Waals surface area (Å²) in [7, 11) is 0. The molecule has 0 atom stereocenters. The van der Waals surface area contributed by atoms with Crippen LogP contribution in [0, 0.1) is 30.3 Å². The fraction of sp³-hybridized carbons (Fsp3) is 0. The first-order valence-electron chi connectivity index (χ1n) is 5.24. The summed E-state index contributed by atoms with van der Waals surface area (Å²) in [6.07, 6.45) is 1.18. The number of nitrogen functional groups attached to an aromatic ring is 1. The average Bonchev–Trinajstić information content (AvgIpc) is 2.83. The molecule has 0 aliphatic carbocycles. The second kappa shape index (κ2) is 4.84. The Morgan fingerprint density at radius 1 is 1.00 bits per heavy atom. The van der Waals surface area contributed by atoms with Crippen LogP contribution in [0.4, 0.5) is 22.9 Å². The van der Waals surface area contributed by atoms with Crippen molar-refractivity contribution in [2.75, 3.05) is 5.73 Å². The molecule has 0 fully saturated rings. The van der Waals surface area contributed by atoms with E-state index in [2.05, 4.69) is 5.10 Å². The zero-order valence-electron chi connectivity index (χ0n) is 10.1. The highest BCUT2D eigenvalue weighted by Crippen LogP contribution is 2.36. The van der Waals surface area contributed by atoms with E-state index in [4.69, 9.17) is 5.73 Å². The van der Waals surface area contributed by atoms with Gasteiger partial charge in [-0.2, -0.15) is 5.10 Å². The lowest BCUT2D eigenvalue weighted by molar-refractivity contribution is -0.402. The largest absolute Gasteiger partial charge is 0.382 e. The van der Waals surface area contributed by atoms with Gasteiger partial charge < -0.3 is 5.73 Å². The quantitative estimate of drug-likeness (QED) is 0.645. The summed E-state index contributed by atoms with van der Waals surface area (Å²) in [6.45, 7) is 0. The van der Waals surface area contributed by atoms with Gasteiger partial charge in [0, 0.05) is 12.3 Å². The molecule has 0 spiro atoms. The third kappa shape index (κ3) is 2.44. The van der Waals surface area contributed by atoms with Gasteiger partial charge in [0.15, 0.2) is 0 Å². The maximum Gasteiger partial charge on any atom is 0.308 e. The summed E-state index contributed by atoms with van der Waals surface area (Å²) in [5.41, 5.74) is 2.45. The van der Waals surface area contributed by atoms with Crippen molar-refractivity contribution in [3.63, 3.8) is 0 Å². The van der Waals surface area contributed by atoms with Crippen LogP contribution in [0.5, 0.6) is 0 Å². The molecule has 0 unspecified atom stereocenters. The standard InChI is InChI=1S/C9H6N6O6/c10-8-1-2-12(11-8)9-6(14(18)19)3-5(13(16)17)4-7(9)15(20)21/h1-4H,(H2,10,11). The number of non-ortho nitro benzene ring substituents is 1. The van der Waals surface area contributed by atoms with Crippen LogP contribution in [0.25, 0.3) is 5.69 Å². The predicted molar refractivity (Wildman–Crippen MR) is 67.9 cm³/mol. The fourth-order valence-electron chi connectivity index (χ4n) is 1.67. The molecular weight excluding hydrogens is 288 g/mol. The molecule has 108 valence electrons. The Hall–Kier alpha value is -3.57. The topological polar surface area (TPSA) is 173 Å². The molecule has 1 aromatic carbocycles. The lowest BCUT2D eigenvalue weighted by Crippen LogP contribution is -2.07. The Kier molecular flexibility index (Phi) is 3.19. The van der Waals surface area contributed by atoms with Gasteiger partial charge in [0.05, 0.1) is 26.9 Å². The Labute approximate surface area is 114 Å². The van der Waals surface area contributed by atoms with E-state index in [1.165, 1.54) is 12.3 Å². The summed E-state index contributed by atoms with van der Waals surface area (Å²) in [5, 5.41) is 36.5. The van der Waals surface area contributed by atoms with Gasteiger partial charge in [-0.05, 0) is 0 Å². The second-order valence-corrected chi connectivity index (χ2v) is 3.79. The van der Waals surface area contributed by atoms with Crippen LogP contribution in [0.1, 0.15) is 0 Å². The smallest absolute Gasteiger partial charge is 0.308 e. The third-order valence-corrected chi connectivity index (χ3v) is 2.50.